The average molecular weight is 308 g/mol. The van der Waals surface area contributed by atoms with Crippen LogP contribution < -0.4 is 4.74 Å². The van der Waals surface area contributed by atoms with Crippen molar-refractivity contribution in [1.29, 1.82) is 0 Å². The second-order valence-corrected chi connectivity index (χ2v) is 4.73. The van der Waals surface area contributed by atoms with Crippen LogP contribution in [0.4, 0.5) is 0 Å². The molecule has 0 aliphatic carbocycles. The van der Waals surface area contributed by atoms with E-state index < -0.39 is 5.60 Å². The van der Waals surface area contributed by atoms with Gasteiger partial charge in [-0.05, 0) is 54.1 Å². The summed E-state index contributed by atoms with van der Waals surface area (Å²) in [6.07, 6.45) is 0. The lowest BCUT2D eigenvalue weighted by atomic mass is 9.98. The lowest BCUT2D eigenvalue weighted by molar-refractivity contribution is 0.0782. The molecule has 0 heterocycles. The van der Waals surface area contributed by atoms with Crippen LogP contribution in [0.2, 0.25) is 0 Å². The van der Waals surface area contributed by atoms with Crippen LogP contribution in [0.5, 0.6) is 11.5 Å². The smallest absolute Gasteiger partial charge is 0.171 e. The zero-order chi connectivity index (χ0) is 10.9. The first-order chi connectivity index (χ1) is 6.36. The molecule has 14 heavy (non-hydrogen) atoms. The highest BCUT2D eigenvalue weighted by molar-refractivity contribution is 14.1. The minimum absolute atomic E-state index is 0.112. The molecule has 0 radical (unpaired) electrons. The highest BCUT2D eigenvalue weighted by Gasteiger charge is 2.19. The molecule has 0 aromatic heterocycles. The van der Waals surface area contributed by atoms with E-state index >= 15 is 0 Å². The van der Waals surface area contributed by atoms with Gasteiger partial charge in [-0.3, -0.25) is 0 Å². The third kappa shape index (κ3) is 2.30. The summed E-state index contributed by atoms with van der Waals surface area (Å²) in [5.41, 5.74) is -0.211. The van der Waals surface area contributed by atoms with Crippen molar-refractivity contribution in [1.82, 2.24) is 0 Å². The number of benzene rings is 1. The zero-order valence-corrected chi connectivity index (χ0v) is 10.5. The van der Waals surface area contributed by atoms with Crippen molar-refractivity contribution >= 4 is 22.6 Å². The van der Waals surface area contributed by atoms with E-state index in [4.69, 9.17) is 4.74 Å². The molecule has 3 nitrogen and oxygen atoms in total. The van der Waals surface area contributed by atoms with Crippen LogP contribution in [0.1, 0.15) is 19.4 Å². The van der Waals surface area contributed by atoms with E-state index in [9.17, 15) is 10.2 Å². The summed E-state index contributed by atoms with van der Waals surface area (Å²) in [6.45, 7) is 3.38. The molecule has 0 unspecified atom stereocenters. The second-order valence-electron chi connectivity index (χ2n) is 3.57. The standard InChI is InChI=1S/C10H13IO3/c1-10(2,13)6-4-7(11)9(12)8(5-6)14-3/h4-5,12-13H,1-3H3. The Hall–Kier alpha value is -0.490. The van der Waals surface area contributed by atoms with E-state index in [1.807, 2.05) is 22.6 Å². The fourth-order valence-electron chi connectivity index (χ4n) is 1.08. The van der Waals surface area contributed by atoms with Crippen LogP contribution in [0, 0.1) is 3.57 Å². The Morgan fingerprint density at radius 1 is 1.36 bits per heavy atom. The van der Waals surface area contributed by atoms with Crippen LogP contribution in [0.15, 0.2) is 12.1 Å². The van der Waals surface area contributed by atoms with Gasteiger partial charge in [0.25, 0.3) is 0 Å². The van der Waals surface area contributed by atoms with Crippen molar-refractivity contribution < 1.29 is 14.9 Å². The van der Waals surface area contributed by atoms with Crippen molar-refractivity contribution in [3.05, 3.63) is 21.3 Å². The van der Waals surface area contributed by atoms with Crippen LogP contribution in [-0.4, -0.2) is 17.3 Å². The van der Waals surface area contributed by atoms with Crippen molar-refractivity contribution in [2.75, 3.05) is 7.11 Å². The van der Waals surface area contributed by atoms with Gasteiger partial charge in [-0.1, -0.05) is 0 Å². The Kier molecular flexibility index (Phi) is 3.26. The third-order valence-electron chi connectivity index (χ3n) is 1.95. The molecule has 1 aromatic rings. The number of phenolic OH excluding ortho intramolecular Hbond substituents is 1. The Labute approximate surface area is 96.9 Å². The molecule has 1 rings (SSSR count). The molecule has 78 valence electrons. The summed E-state index contributed by atoms with van der Waals surface area (Å²) < 4.78 is 5.66. The van der Waals surface area contributed by atoms with Crippen LogP contribution in [-0.2, 0) is 5.60 Å². The number of rotatable bonds is 2. The van der Waals surface area contributed by atoms with E-state index in [0.717, 1.165) is 5.56 Å². The number of hydrogen-bond acceptors (Lipinski definition) is 3. The maximum atomic E-state index is 9.78. The Morgan fingerprint density at radius 2 is 1.93 bits per heavy atom. The Bertz CT molecular complexity index is 342. The van der Waals surface area contributed by atoms with Crippen LogP contribution in [0.25, 0.3) is 0 Å². The molecule has 0 fully saturated rings. The molecule has 0 bridgehead atoms. The lowest BCUT2D eigenvalue weighted by Gasteiger charge is -2.19. The summed E-state index contributed by atoms with van der Waals surface area (Å²) >= 11 is 2.00. The normalized spacial score (nSPS) is 11.5. The molecule has 0 saturated heterocycles. The van der Waals surface area contributed by atoms with Gasteiger partial charge in [0.1, 0.15) is 0 Å². The quantitative estimate of drug-likeness (QED) is 0.824. The summed E-state index contributed by atoms with van der Waals surface area (Å²) in [5.74, 6) is 0.495. The number of hydrogen-bond donors (Lipinski definition) is 2. The van der Waals surface area contributed by atoms with E-state index in [2.05, 4.69) is 0 Å². The third-order valence-corrected chi connectivity index (χ3v) is 2.78. The van der Waals surface area contributed by atoms with E-state index in [1.54, 1.807) is 26.0 Å². The first kappa shape index (κ1) is 11.6. The maximum absolute atomic E-state index is 9.78. The molecular weight excluding hydrogens is 295 g/mol. The molecular formula is C10H13IO3. The number of aliphatic hydroxyl groups is 1. The number of aromatic hydroxyl groups is 1. The fourth-order valence-corrected chi connectivity index (χ4v) is 1.68. The monoisotopic (exact) mass is 308 g/mol. The van der Waals surface area contributed by atoms with Crippen molar-refractivity contribution in [2.45, 2.75) is 19.4 Å². The van der Waals surface area contributed by atoms with Gasteiger partial charge in [0, 0.05) is 0 Å². The van der Waals surface area contributed by atoms with Gasteiger partial charge in [-0.25, -0.2) is 0 Å². The molecule has 2 N–H and O–H groups in total. The average Bonchev–Trinajstić information content (AvgIpc) is 2.07. The van der Waals surface area contributed by atoms with Gasteiger partial charge in [0.2, 0.25) is 0 Å². The molecule has 0 atom stereocenters. The summed E-state index contributed by atoms with van der Waals surface area (Å²) in [5, 5.41) is 19.4. The number of methoxy groups -OCH3 is 1. The van der Waals surface area contributed by atoms with Gasteiger partial charge in [0.05, 0.1) is 16.3 Å². The van der Waals surface area contributed by atoms with E-state index in [0.29, 0.717) is 9.32 Å². The van der Waals surface area contributed by atoms with Crippen molar-refractivity contribution in [3.8, 4) is 11.5 Å². The zero-order valence-electron chi connectivity index (χ0n) is 8.34. The van der Waals surface area contributed by atoms with Gasteiger partial charge < -0.3 is 14.9 Å². The molecule has 0 spiro atoms. The van der Waals surface area contributed by atoms with Gasteiger partial charge in [-0.15, -0.1) is 0 Å². The first-order valence-electron chi connectivity index (χ1n) is 4.15. The molecule has 0 saturated carbocycles. The molecule has 4 heteroatoms. The van der Waals surface area contributed by atoms with Crippen LogP contribution >= 0.6 is 22.6 Å². The summed E-state index contributed by atoms with van der Waals surface area (Å²) in [4.78, 5) is 0. The SMILES string of the molecule is COc1cc(C(C)(C)O)cc(I)c1O. The number of ether oxygens (including phenoxy) is 1. The van der Waals surface area contributed by atoms with Gasteiger partial charge in [0.15, 0.2) is 11.5 Å². The number of phenols is 1. The minimum atomic E-state index is -0.930. The highest BCUT2D eigenvalue weighted by atomic mass is 127. The summed E-state index contributed by atoms with van der Waals surface area (Å²) in [7, 11) is 1.49. The Morgan fingerprint density at radius 3 is 2.36 bits per heavy atom. The second kappa shape index (κ2) is 3.94. The van der Waals surface area contributed by atoms with Gasteiger partial charge >= 0.3 is 0 Å². The van der Waals surface area contributed by atoms with Gasteiger partial charge in [-0.2, -0.15) is 0 Å². The Balaban J connectivity index is 3.30. The largest absolute Gasteiger partial charge is 0.504 e. The van der Waals surface area contributed by atoms with E-state index in [1.165, 1.54) is 7.11 Å². The first-order valence-corrected chi connectivity index (χ1v) is 5.23. The predicted octanol–water partition coefficient (Wildman–Crippen LogP) is 2.23. The molecule has 0 aliphatic rings. The highest BCUT2D eigenvalue weighted by Crippen LogP contribution is 2.35. The van der Waals surface area contributed by atoms with Crippen molar-refractivity contribution in [2.24, 2.45) is 0 Å². The van der Waals surface area contributed by atoms with Crippen LogP contribution in [0.3, 0.4) is 0 Å². The lowest BCUT2D eigenvalue weighted by Crippen LogP contribution is -2.15. The predicted molar refractivity (Wildman–Crippen MR) is 62.6 cm³/mol. The minimum Gasteiger partial charge on any atom is -0.504 e. The fraction of sp³-hybridized carbons (Fsp3) is 0.400. The summed E-state index contributed by atoms with van der Waals surface area (Å²) in [6, 6.07) is 3.37. The van der Waals surface area contributed by atoms with E-state index in [-0.39, 0.29) is 5.75 Å². The number of halogens is 1. The maximum Gasteiger partial charge on any atom is 0.171 e. The van der Waals surface area contributed by atoms with Crippen molar-refractivity contribution in [3.63, 3.8) is 0 Å². The molecule has 0 amide bonds. The molecule has 1 aromatic carbocycles. The molecule has 0 aliphatic heterocycles. The topological polar surface area (TPSA) is 49.7 Å².